The number of aromatic nitrogens is 1. The molecule has 1 amide bonds. The lowest BCUT2D eigenvalue weighted by Gasteiger charge is -2.09. The van der Waals surface area contributed by atoms with Gasteiger partial charge in [0, 0.05) is 22.6 Å². The van der Waals surface area contributed by atoms with Crippen molar-refractivity contribution in [1.29, 1.82) is 0 Å². The monoisotopic (exact) mass is 337 g/mol. The first-order valence-electron chi connectivity index (χ1n) is 7.46. The van der Waals surface area contributed by atoms with Gasteiger partial charge in [-0.2, -0.15) is 0 Å². The van der Waals surface area contributed by atoms with Gasteiger partial charge in [0.05, 0.1) is 17.4 Å². The molecular weight excluding hydrogens is 322 g/mol. The lowest BCUT2D eigenvalue weighted by Crippen LogP contribution is -2.12. The molecule has 1 aromatic heterocycles. The van der Waals surface area contributed by atoms with Gasteiger partial charge in [-0.1, -0.05) is 23.7 Å². The van der Waals surface area contributed by atoms with Crippen LogP contribution in [0.25, 0.3) is 0 Å². The van der Waals surface area contributed by atoms with E-state index in [2.05, 4.69) is 15.6 Å². The van der Waals surface area contributed by atoms with E-state index in [0.717, 1.165) is 22.6 Å². The molecule has 0 radical (unpaired) electrons. The van der Waals surface area contributed by atoms with Crippen molar-refractivity contribution in [3.63, 3.8) is 0 Å². The summed E-state index contributed by atoms with van der Waals surface area (Å²) < 4.78 is 0. The maximum Gasteiger partial charge on any atom is 0.257 e. The zero-order valence-corrected chi connectivity index (χ0v) is 13.8. The van der Waals surface area contributed by atoms with E-state index in [0.29, 0.717) is 10.6 Å². The van der Waals surface area contributed by atoms with Crippen molar-refractivity contribution in [3.05, 3.63) is 83.1 Å². The summed E-state index contributed by atoms with van der Waals surface area (Å²) in [7, 11) is 0. The first-order chi connectivity index (χ1) is 11.6. The number of carbonyl (C=O) groups excluding carboxylic acids is 1. The van der Waals surface area contributed by atoms with E-state index in [4.69, 9.17) is 11.6 Å². The van der Waals surface area contributed by atoms with Crippen LogP contribution in [-0.2, 0) is 0 Å². The fourth-order valence-corrected chi connectivity index (χ4v) is 2.38. The van der Waals surface area contributed by atoms with Crippen LogP contribution in [0, 0.1) is 6.92 Å². The average molecular weight is 338 g/mol. The van der Waals surface area contributed by atoms with Crippen molar-refractivity contribution in [1.82, 2.24) is 4.98 Å². The molecule has 120 valence electrons. The van der Waals surface area contributed by atoms with Gasteiger partial charge in [-0.05, 0) is 55.0 Å². The summed E-state index contributed by atoms with van der Waals surface area (Å²) in [5.41, 5.74) is 3.93. The number of nitrogens with zero attached hydrogens (tertiary/aromatic N) is 1. The van der Waals surface area contributed by atoms with Crippen LogP contribution in [0.5, 0.6) is 0 Å². The highest BCUT2D eigenvalue weighted by molar-refractivity contribution is 6.30. The zero-order valence-electron chi connectivity index (χ0n) is 13.1. The predicted octanol–water partition coefficient (Wildman–Crippen LogP) is 5.04. The van der Waals surface area contributed by atoms with Gasteiger partial charge in [-0.15, -0.1) is 0 Å². The number of carbonyl (C=O) groups is 1. The number of halogens is 1. The Labute approximate surface area is 145 Å². The Bertz CT molecular complexity index is 862. The van der Waals surface area contributed by atoms with Crippen molar-refractivity contribution < 1.29 is 4.79 Å². The SMILES string of the molecule is Cc1cccc(NC(=O)c2cncc(Nc3ccc(Cl)cc3)c2)c1. The second-order valence-corrected chi connectivity index (χ2v) is 5.85. The minimum Gasteiger partial charge on any atom is -0.354 e. The first-order valence-corrected chi connectivity index (χ1v) is 7.83. The van der Waals surface area contributed by atoms with Gasteiger partial charge in [-0.3, -0.25) is 9.78 Å². The maximum absolute atomic E-state index is 12.4. The van der Waals surface area contributed by atoms with Crippen LogP contribution in [0.15, 0.2) is 67.0 Å². The molecule has 4 nitrogen and oxygen atoms in total. The molecule has 0 aliphatic heterocycles. The molecule has 0 spiro atoms. The Morgan fingerprint density at radius 1 is 0.958 bits per heavy atom. The summed E-state index contributed by atoms with van der Waals surface area (Å²) in [6.07, 6.45) is 3.20. The quantitative estimate of drug-likeness (QED) is 0.701. The number of hydrogen-bond donors (Lipinski definition) is 2. The van der Waals surface area contributed by atoms with Crippen molar-refractivity contribution >= 4 is 34.6 Å². The molecule has 3 rings (SSSR count). The third-order valence-corrected chi connectivity index (χ3v) is 3.66. The van der Waals surface area contributed by atoms with Crippen LogP contribution in [0.2, 0.25) is 5.02 Å². The molecule has 0 unspecified atom stereocenters. The summed E-state index contributed by atoms with van der Waals surface area (Å²) in [5.74, 6) is -0.201. The minimum atomic E-state index is -0.201. The van der Waals surface area contributed by atoms with E-state index in [9.17, 15) is 4.79 Å². The maximum atomic E-state index is 12.4. The van der Waals surface area contributed by atoms with Crippen molar-refractivity contribution in [3.8, 4) is 0 Å². The van der Waals surface area contributed by atoms with Crippen LogP contribution >= 0.6 is 11.6 Å². The molecular formula is C19H16ClN3O. The average Bonchev–Trinajstić information content (AvgIpc) is 2.57. The number of benzene rings is 2. The van der Waals surface area contributed by atoms with E-state index in [1.807, 2.05) is 43.3 Å². The second-order valence-electron chi connectivity index (χ2n) is 5.42. The third kappa shape index (κ3) is 4.12. The lowest BCUT2D eigenvalue weighted by molar-refractivity contribution is 0.102. The van der Waals surface area contributed by atoms with Gasteiger partial charge in [0.2, 0.25) is 0 Å². The van der Waals surface area contributed by atoms with Crippen LogP contribution in [0.1, 0.15) is 15.9 Å². The van der Waals surface area contributed by atoms with Crippen molar-refractivity contribution in [2.75, 3.05) is 10.6 Å². The van der Waals surface area contributed by atoms with Crippen LogP contribution in [0.4, 0.5) is 17.1 Å². The molecule has 24 heavy (non-hydrogen) atoms. The highest BCUT2D eigenvalue weighted by Gasteiger charge is 2.08. The number of aryl methyl sites for hydroxylation is 1. The van der Waals surface area contributed by atoms with E-state index in [1.54, 1.807) is 24.4 Å². The normalized spacial score (nSPS) is 10.2. The molecule has 0 aliphatic carbocycles. The third-order valence-electron chi connectivity index (χ3n) is 3.41. The zero-order chi connectivity index (χ0) is 16.9. The summed E-state index contributed by atoms with van der Waals surface area (Å²) in [5, 5.41) is 6.74. The van der Waals surface area contributed by atoms with Crippen LogP contribution in [-0.4, -0.2) is 10.9 Å². The van der Waals surface area contributed by atoms with E-state index in [-0.39, 0.29) is 5.91 Å². The highest BCUT2D eigenvalue weighted by atomic mass is 35.5. The molecule has 0 saturated heterocycles. The first kappa shape index (κ1) is 16.0. The van der Waals surface area contributed by atoms with E-state index < -0.39 is 0 Å². The Hall–Kier alpha value is -2.85. The van der Waals surface area contributed by atoms with Gasteiger partial charge in [0.1, 0.15) is 0 Å². The molecule has 0 atom stereocenters. The fourth-order valence-electron chi connectivity index (χ4n) is 2.26. The summed E-state index contributed by atoms with van der Waals surface area (Å²) in [4.78, 5) is 16.5. The van der Waals surface area contributed by atoms with Gasteiger partial charge in [-0.25, -0.2) is 0 Å². The standard InChI is InChI=1S/C19H16ClN3O/c1-13-3-2-4-17(9-13)23-19(24)14-10-18(12-21-11-14)22-16-7-5-15(20)6-8-16/h2-12,22H,1H3,(H,23,24). The van der Waals surface area contributed by atoms with Crippen LogP contribution < -0.4 is 10.6 Å². The Morgan fingerprint density at radius 3 is 2.50 bits per heavy atom. The molecule has 5 heteroatoms. The summed E-state index contributed by atoms with van der Waals surface area (Å²) >= 11 is 5.88. The number of hydrogen-bond acceptors (Lipinski definition) is 3. The van der Waals surface area contributed by atoms with Gasteiger partial charge < -0.3 is 10.6 Å². The molecule has 2 aromatic carbocycles. The van der Waals surface area contributed by atoms with E-state index >= 15 is 0 Å². The van der Waals surface area contributed by atoms with Gasteiger partial charge in [0.25, 0.3) is 5.91 Å². The van der Waals surface area contributed by atoms with Crippen molar-refractivity contribution in [2.45, 2.75) is 6.92 Å². The Balaban J connectivity index is 1.74. The topological polar surface area (TPSA) is 54.0 Å². The number of anilines is 3. The van der Waals surface area contributed by atoms with Crippen LogP contribution in [0.3, 0.4) is 0 Å². The molecule has 3 aromatic rings. The highest BCUT2D eigenvalue weighted by Crippen LogP contribution is 2.19. The van der Waals surface area contributed by atoms with Gasteiger partial charge in [0.15, 0.2) is 0 Å². The number of pyridine rings is 1. The molecule has 0 fully saturated rings. The molecule has 2 N–H and O–H groups in total. The van der Waals surface area contributed by atoms with Gasteiger partial charge >= 0.3 is 0 Å². The lowest BCUT2D eigenvalue weighted by atomic mass is 10.2. The Morgan fingerprint density at radius 2 is 1.75 bits per heavy atom. The second kappa shape index (κ2) is 7.15. The summed E-state index contributed by atoms with van der Waals surface area (Å²) in [6.45, 7) is 1.98. The summed E-state index contributed by atoms with van der Waals surface area (Å²) in [6, 6.07) is 16.7. The molecule has 0 bridgehead atoms. The molecule has 1 heterocycles. The number of rotatable bonds is 4. The Kier molecular flexibility index (Phi) is 4.77. The number of amides is 1. The predicted molar refractivity (Wildman–Crippen MR) is 98.1 cm³/mol. The number of nitrogens with one attached hydrogen (secondary N) is 2. The van der Waals surface area contributed by atoms with Crippen molar-refractivity contribution in [2.24, 2.45) is 0 Å². The smallest absolute Gasteiger partial charge is 0.257 e. The molecule has 0 aliphatic rings. The molecule has 0 saturated carbocycles. The largest absolute Gasteiger partial charge is 0.354 e. The van der Waals surface area contributed by atoms with E-state index in [1.165, 1.54) is 6.20 Å². The fraction of sp³-hybridized carbons (Fsp3) is 0.0526. The minimum absolute atomic E-state index is 0.201.